The Hall–Kier alpha value is -2.18. The Bertz CT molecular complexity index is 701. The first-order valence-electron chi connectivity index (χ1n) is 6.73. The Morgan fingerprint density at radius 1 is 1.43 bits per heavy atom. The fraction of sp³-hybridized carbons (Fsp3) is 0.333. The van der Waals surface area contributed by atoms with E-state index in [0.717, 1.165) is 10.9 Å². The van der Waals surface area contributed by atoms with Gasteiger partial charge in [0, 0.05) is 10.9 Å². The zero-order chi connectivity index (χ0) is 15.0. The van der Waals surface area contributed by atoms with Crippen LogP contribution in [0.3, 0.4) is 0 Å². The molecule has 2 heterocycles. The van der Waals surface area contributed by atoms with Gasteiger partial charge in [-0.1, -0.05) is 0 Å². The Labute approximate surface area is 121 Å². The van der Waals surface area contributed by atoms with E-state index in [0.29, 0.717) is 17.0 Å². The lowest BCUT2D eigenvalue weighted by Crippen LogP contribution is -2.26. The van der Waals surface area contributed by atoms with E-state index in [1.165, 1.54) is 0 Å². The maximum Gasteiger partial charge on any atom is 0.329 e. The van der Waals surface area contributed by atoms with Gasteiger partial charge in [-0.25, -0.2) is 4.79 Å². The van der Waals surface area contributed by atoms with Gasteiger partial charge in [-0.05, 0) is 31.2 Å². The van der Waals surface area contributed by atoms with Crippen molar-refractivity contribution in [1.29, 1.82) is 0 Å². The van der Waals surface area contributed by atoms with Crippen molar-refractivity contribution in [3.05, 3.63) is 35.5 Å². The summed E-state index contributed by atoms with van der Waals surface area (Å²) >= 11 is 0. The number of ether oxygens (including phenoxy) is 2. The number of carbonyl (C=O) groups excluding carboxylic acids is 1. The molecule has 2 aromatic rings. The highest BCUT2D eigenvalue weighted by Crippen LogP contribution is 2.34. The summed E-state index contributed by atoms with van der Waals surface area (Å²) in [4.78, 5) is 16.4. The highest BCUT2D eigenvalue weighted by atomic mass is 16.5. The van der Waals surface area contributed by atoms with E-state index in [1.54, 1.807) is 20.1 Å². The van der Waals surface area contributed by atoms with Gasteiger partial charge in [0.05, 0.1) is 24.9 Å². The third kappa shape index (κ3) is 2.32. The summed E-state index contributed by atoms with van der Waals surface area (Å²) in [6.07, 6.45) is -0.933. The topological polar surface area (TPSA) is 80.7 Å². The first-order valence-corrected chi connectivity index (χ1v) is 6.73. The molecule has 2 atom stereocenters. The number of esters is 1. The van der Waals surface area contributed by atoms with Gasteiger partial charge in [0.25, 0.3) is 0 Å². The van der Waals surface area contributed by atoms with Crippen molar-refractivity contribution in [2.45, 2.75) is 19.2 Å². The molecular formula is C15H16N2O4. The summed E-state index contributed by atoms with van der Waals surface area (Å²) in [6.45, 7) is 2.03. The number of aliphatic hydroxyl groups excluding tert-OH is 1. The third-order valence-corrected chi connectivity index (χ3v) is 3.50. The van der Waals surface area contributed by atoms with Crippen molar-refractivity contribution in [1.82, 2.24) is 10.3 Å². The minimum Gasteiger partial charge on any atom is -0.497 e. The SMILES string of the molecule is CCOC(=O)[C@H]1N[C@@H](O)c2cc3cc(OC)ccc3nc21. The molecule has 1 aromatic carbocycles. The second kappa shape index (κ2) is 5.31. The zero-order valence-corrected chi connectivity index (χ0v) is 11.8. The molecule has 0 spiro atoms. The maximum absolute atomic E-state index is 11.9. The first-order chi connectivity index (χ1) is 10.1. The van der Waals surface area contributed by atoms with E-state index in [9.17, 15) is 9.90 Å². The molecule has 0 unspecified atom stereocenters. The van der Waals surface area contributed by atoms with E-state index in [-0.39, 0.29) is 6.61 Å². The number of aromatic nitrogens is 1. The van der Waals surface area contributed by atoms with Crippen molar-refractivity contribution in [3.8, 4) is 5.75 Å². The van der Waals surface area contributed by atoms with Gasteiger partial charge < -0.3 is 14.6 Å². The van der Waals surface area contributed by atoms with Crippen LogP contribution in [0.15, 0.2) is 24.3 Å². The second-order valence-corrected chi connectivity index (χ2v) is 4.78. The number of rotatable bonds is 3. The molecule has 3 rings (SSSR count). The van der Waals surface area contributed by atoms with Gasteiger partial charge in [0.2, 0.25) is 0 Å². The van der Waals surface area contributed by atoms with Gasteiger partial charge in [-0.3, -0.25) is 10.3 Å². The lowest BCUT2D eigenvalue weighted by atomic mass is 10.1. The fourth-order valence-corrected chi connectivity index (χ4v) is 2.49. The Balaban J connectivity index is 2.09. The predicted molar refractivity (Wildman–Crippen MR) is 75.8 cm³/mol. The highest BCUT2D eigenvalue weighted by Gasteiger charge is 2.36. The summed E-state index contributed by atoms with van der Waals surface area (Å²) in [6, 6.07) is 6.55. The van der Waals surface area contributed by atoms with Crippen molar-refractivity contribution in [3.63, 3.8) is 0 Å². The molecule has 0 aliphatic carbocycles. The van der Waals surface area contributed by atoms with Crippen molar-refractivity contribution in [2.24, 2.45) is 0 Å². The van der Waals surface area contributed by atoms with Gasteiger partial charge in [-0.2, -0.15) is 0 Å². The van der Waals surface area contributed by atoms with E-state index in [1.807, 2.05) is 18.2 Å². The number of carbonyl (C=O) groups is 1. The molecule has 110 valence electrons. The molecule has 1 aromatic heterocycles. The van der Waals surface area contributed by atoms with E-state index < -0.39 is 18.2 Å². The number of nitrogens with zero attached hydrogens (tertiary/aromatic N) is 1. The average molecular weight is 288 g/mol. The van der Waals surface area contributed by atoms with Crippen LogP contribution in [-0.2, 0) is 9.53 Å². The molecule has 6 heteroatoms. The summed E-state index contributed by atoms with van der Waals surface area (Å²) in [5.74, 6) is 0.280. The molecule has 21 heavy (non-hydrogen) atoms. The van der Waals surface area contributed by atoms with Gasteiger partial charge in [0.1, 0.15) is 12.0 Å². The number of fused-ring (bicyclic) bond motifs is 2. The summed E-state index contributed by atoms with van der Waals surface area (Å²) in [7, 11) is 1.59. The number of aliphatic hydroxyl groups is 1. The standard InChI is InChI=1S/C15H16N2O4/c1-3-21-15(19)13-12-10(14(18)17-13)7-8-6-9(20-2)4-5-11(8)16-12/h4-7,13-14,17-18H,3H2,1-2H3/t13-,14-/m0/s1. The number of methoxy groups -OCH3 is 1. The number of pyridine rings is 1. The van der Waals surface area contributed by atoms with E-state index >= 15 is 0 Å². The molecule has 0 saturated heterocycles. The Kier molecular flexibility index (Phi) is 3.48. The van der Waals surface area contributed by atoms with Crippen LogP contribution >= 0.6 is 0 Å². The molecule has 0 amide bonds. The number of benzene rings is 1. The van der Waals surface area contributed by atoms with Crippen LogP contribution in [0, 0.1) is 0 Å². The van der Waals surface area contributed by atoms with Crippen molar-refractivity contribution in [2.75, 3.05) is 13.7 Å². The van der Waals surface area contributed by atoms with Crippen LogP contribution in [0.5, 0.6) is 5.75 Å². The van der Waals surface area contributed by atoms with Crippen LogP contribution < -0.4 is 10.1 Å². The summed E-state index contributed by atoms with van der Waals surface area (Å²) in [5.41, 5.74) is 1.84. The highest BCUT2D eigenvalue weighted by molar-refractivity contribution is 5.84. The van der Waals surface area contributed by atoms with E-state index in [2.05, 4.69) is 10.3 Å². The Morgan fingerprint density at radius 3 is 2.95 bits per heavy atom. The third-order valence-electron chi connectivity index (χ3n) is 3.50. The molecule has 1 aliphatic heterocycles. The lowest BCUT2D eigenvalue weighted by Gasteiger charge is -2.10. The first kappa shape index (κ1) is 13.8. The van der Waals surface area contributed by atoms with Crippen LogP contribution in [0.25, 0.3) is 10.9 Å². The zero-order valence-electron chi connectivity index (χ0n) is 11.8. The van der Waals surface area contributed by atoms with Gasteiger partial charge in [-0.15, -0.1) is 0 Å². The minimum atomic E-state index is -0.933. The maximum atomic E-state index is 11.9. The number of hydrogen-bond donors (Lipinski definition) is 2. The fourth-order valence-electron chi connectivity index (χ4n) is 2.49. The molecule has 0 saturated carbocycles. The molecule has 0 fully saturated rings. The summed E-state index contributed by atoms with van der Waals surface area (Å²) in [5, 5.41) is 13.7. The predicted octanol–water partition coefficient (Wildman–Crippen LogP) is 1.44. The van der Waals surface area contributed by atoms with Crippen LogP contribution in [-0.4, -0.2) is 29.8 Å². The molecule has 1 aliphatic rings. The van der Waals surface area contributed by atoms with Gasteiger partial charge in [0.15, 0.2) is 6.04 Å². The minimum absolute atomic E-state index is 0.285. The molecular weight excluding hydrogens is 272 g/mol. The van der Waals surface area contributed by atoms with Crippen LogP contribution in [0.1, 0.15) is 30.5 Å². The molecule has 0 bridgehead atoms. The molecule has 6 nitrogen and oxygen atoms in total. The monoisotopic (exact) mass is 288 g/mol. The summed E-state index contributed by atoms with van der Waals surface area (Å²) < 4.78 is 10.2. The largest absolute Gasteiger partial charge is 0.497 e. The van der Waals surface area contributed by atoms with Crippen LogP contribution in [0.4, 0.5) is 0 Å². The molecule has 0 radical (unpaired) electrons. The smallest absolute Gasteiger partial charge is 0.329 e. The quantitative estimate of drug-likeness (QED) is 0.832. The molecule has 2 N–H and O–H groups in total. The van der Waals surface area contributed by atoms with Gasteiger partial charge >= 0.3 is 5.97 Å². The van der Waals surface area contributed by atoms with E-state index in [4.69, 9.17) is 9.47 Å². The number of nitrogens with one attached hydrogen (secondary N) is 1. The normalized spacial score (nSPS) is 20.3. The second-order valence-electron chi connectivity index (χ2n) is 4.78. The number of hydrogen-bond acceptors (Lipinski definition) is 6. The Morgan fingerprint density at radius 2 is 2.24 bits per heavy atom. The average Bonchev–Trinajstić information content (AvgIpc) is 2.81. The lowest BCUT2D eigenvalue weighted by molar-refractivity contribution is -0.146. The van der Waals surface area contributed by atoms with Crippen molar-refractivity contribution >= 4 is 16.9 Å². The van der Waals surface area contributed by atoms with Crippen molar-refractivity contribution < 1.29 is 19.4 Å². The van der Waals surface area contributed by atoms with Crippen LogP contribution in [0.2, 0.25) is 0 Å².